The molecule has 1 saturated carbocycles. The van der Waals surface area contributed by atoms with Gasteiger partial charge in [0.15, 0.2) is 0 Å². The zero-order valence-corrected chi connectivity index (χ0v) is 14.0. The maximum atomic E-state index is 3.69. The first-order chi connectivity index (χ1) is 10.1. The quantitative estimate of drug-likeness (QED) is 0.764. The second kappa shape index (κ2) is 6.12. The van der Waals surface area contributed by atoms with Gasteiger partial charge in [0.2, 0.25) is 0 Å². The first-order valence-electron chi connectivity index (χ1n) is 8.88. The van der Waals surface area contributed by atoms with Gasteiger partial charge in [0.05, 0.1) is 0 Å². The van der Waals surface area contributed by atoms with Crippen LogP contribution in [-0.2, 0) is 0 Å². The highest BCUT2D eigenvalue weighted by Gasteiger charge is 2.31. The fraction of sp³-hybridized carbons (Fsp3) is 0.700. The van der Waals surface area contributed by atoms with Crippen molar-refractivity contribution >= 4 is 0 Å². The van der Waals surface area contributed by atoms with Crippen molar-refractivity contribution in [3.8, 4) is 0 Å². The Labute approximate surface area is 130 Å². The fourth-order valence-corrected chi connectivity index (χ4v) is 4.42. The van der Waals surface area contributed by atoms with Gasteiger partial charge in [-0.15, -0.1) is 0 Å². The molecule has 0 amide bonds. The molecule has 1 saturated heterocycles. The third-order valence-electron chi connectivity index (χ3n) is 5.82. The predicted octanol–water partition coefficient (Wildman–Crippen LogP) is 5.43. The van der Waals surface area contributed by atoms with E-state index in [1.807, 2.05) is 0 Å². The Kier molecular flexibility index (Phi) is 4.40. The maximum absolute atomic E-state index is 3.69. The average molecular weight is 285 g/mol. The van der Waals surface area contributed by atoms with E-state index in [-0.39, 0.29) is 0 Å². The lowest BCUT2D eigenvalue weighted by Crippen LogP contribution is -2.26. The van der Waals surface area contributed by atoms with Crippen LogP contribution in [0.2, 0.25) is 0 Å². The largest absolute Gasteiger partial charge is 0.310 e. The standard InChI is InChI=1S/C20H31N/c1-20(2,3)16-12-10-15(11-13-16)17-7-4-5-8-18(17)19-9-6-14-21-19/h4-5,7-8,15-16,19,21H,6,9-14H2,1-3H3. The predicted molar refractivity (Wildman–Crippen MR) is 90.6 cm³/mol. The zero-order valence-electron chi connectivity index (χ0n) is 14.0. The van der Waals surface area contributed by atoms with E-state index in [2.05, 4.69) is 50.4 Å². The van der Waals surface area contributed by atoms with Crippen LogP contribution in [0, 0.1) is 11.3 Å². The van der Waals surface area contributed by atoms with E-state index in [0.29, 0.717) is 11.5 Å². The van der Waals surface area contributed by atoms with Crippen LogP contribution in [0.4, 0.5) is 0 Å². The number of nitrogens with one attached hydrogen (secondary N) is 1. The summed E-state index contributed by atoms with van der Waals surface area (Å²) in [6.45, 7) is 8.42. The van der Waals surface area contributed by atoms with Gasteiger partial charge in [-0.3, -0.25) is 0 Å². The summed E-state index contributed by atoms with van der Waals surface area (Å²) in [6.07, 6.45) is 8.21. The second-order valence-corrected chi connectivity index (χ2v) is 8.19. The van der Waals surface area contributed by atoms with Gasteiger partial charge in [-0.2, -0.15) is 0 Å². The van der Waals surface area contributed by atoms with E-state index in [1.165, 1.54) is 45.1 Å². The third-order valence-corrected chi connectivity index (χ3v) is 5.82. The van der Waals surface area contributed by atoms with Gasteiger partial charge in [-0.05, 0) is 73.4 Å². The molecule has 2 aliphatic rings. The van der Waals surface area contributed by atoms with E-state index >= 15 is 0 Å². The van der Waals surface area contributed by atoms with Gasteiger partial charge in [0.1, 0.15) is 0 Å². The van der Waals surface area contributed by atoms with Gasteiger partial charge in [-0.1, -0.05) is 45.0 Å². The molecule has 1 aliphatic carbocycles. The summed E-state index contributed by atoms with van der Waals surface area (Å²) in [5, 5.41) is 3.69. The minimum atomic E-state index is 0.484. The van der Waals surface area contributed by atoms with E-state index in [4.69, 9.17) is 0 Å². The number of hydrogen-bond donors (Lipinski definition) is 1. The summed E-state index contributed by atoms with van der Waals surface area (Å²) in [5.74, 6) is 1.70. The lowest BCUT2D eigenvalue weighted by atomic mass is 9.68. The minimum Gasteiger partial charge on any atom is -0.310 e. The van der Waals surface area contributed by atoms with Gasteiger partial charge < -0.3 is 5.32 Å². The molecule has 1 nitrogen and oxygen atoms in total. The van der Waals surface area contributed by atoms with Gasteiger partial charge in [0.25, 0.3) is 0 Å². The molecule has 1 aromatic carbocycles. The van der Waals surface area contributed by atoms with Crippen molar-refractivity contribution in [1.29, 1.82) is 0 Å². The second-order valence-electron chi connectivity index (χ2n) is 8.19. The number of benzene rings is 1. The summed E-state index contributed by atoms with van der Waals surface area (Å²) in [5.41, 5.74) is 3.72. The zero-order chi connectivity index (χ0) is 14.9. The lowest BCUT2D eigenvalue weighted by molar-refractivity contribution is 0.169. The molecule has 1 unspecified atom stereocenters. The van der Waals surface area contributed by atoms with E-state index < -0.39 is 0 Å². The topological polar surface area (TPSA) is 12.0 Å². The Hall–Kier alpha value is -0.820. The normalized spacial score (nSPS) is 30.5. The van der Waals surface area contributed by atoms with Crippen molar-refractivity contribution < 1.29 is 0 Å². The molecule has 21 heavy (non-hydrogen) atoms. The molecule has 0 radical (unpaired) electrons. The van der Waals surface area contributed by atoms with Crippen LogP contribution in [0.1, 0.15) is 82.4 Å². The first-order valence-corrected chi connectivity index (χ1v) is 8.88. The lowest BCUT2D eigenvalue weighted by Gasteiger charge is -2.38. The Bertz CT molecular complexity index is 457. The summed E-state index contributed by atoms with van der Waals surface area (Å²) >= 11 is 0. The number of hydrogen-bond acceptors (Lipinski definition) is 1. The van der Waals surface area contributed by atoms with Crippen molar-refractivity contribution in [2.75, 3.05) is 6.54 Å². The highest BCUT2D eigenvalue weighted by atomic mass is 14.9. The van der Waals surface area contributed by atoms with Gasteiger partial charge in [0, 0.05) is 6.04 Å². The van der Waals surface area contributed by atoms with Crippen molar-refractivity contribution in [3.05, 3.63) is 35.4 Å². The molecule has 1 atom stereocenters. The summed E-state index contributed by atoms with van der Waals surface area (Å²) in [7, 11) is 0. The van der Waals surface area contributed by atoms with Crippen molar-refractivity contribution in [2.45, 2.75) is 71.3 Å². The van der Waals surface area contributed by atoms with Crippen LogP contribution in [0.15, 0.2) is 24.3 Å². The van der Waals surface area contributed by atoms with E-state index in [1.54, 1.807) is 11.1 Å². The van der Waals surface area contributed by atoms with Crippen molar-refractivity contribution in [1.82, 2.24) is 5.32 Å². The van der Waals surface area contributed by atoms with Gasteiger partial charge >= 0.3 is 0 Å². The van der Waals surface area contributed by atoms with Gasteiger partial charge in [-0.25, -0.2) is 0 Å². The summed E-state index contributed by atoms with van der Waals surface area (Å²) in [6, 6.07) is 9.84. The molecular weight excluding hydrogens is 254 g/mol. The van der Waals surface area contributed by atoms with Crippen molar-refractivity contribution in [2.24, 2.45) is 11.3 Å². The SMILES string of the molecule is CC(C)(C)C1CCC(c2ccccc2C2CCCN2)CC1. The Morgan fingerprint density at radius 1 is 0.905 bits per heavy atom. The summed E-state index contributed by atoms with van der Waals surface area (Å²) < 4.78 is 0. The molecule has 116 valence electrons. The first kappa shape index (κ1) is 15.1. The van der Waals surface area contributed by atoms with Crippen molar-refractivity contribution in [3.63, 3.8) is 0 Å². The third kappa shape index (κ3) is 3.34. The van der Waals surface area contributed by atoms with Crippen LogP contribution in [0.25, 0.3) is 0 Å². The average Bonchev–Trinajstić information content (AvgIpc) is 3.01. The maximum Gasteiger partial charge on any atom is 0.0323 e. The Morgan fingerprint density at radius 3 is 2.14 bits per heavy atom. The van der Waals surface area contributed by atoms with Crippen LogP contribution in [-0.4, -0.2) is 6.54 Å². The van der Waals surface area contributed by atoms with Crippen LogP contribution >= 0.6 is 0 Å². The van der Waals surface area contributed by atoms with E-state index in [0.717, 1.165) is 11.8 Å². The molecule has 0 spiro atoms. The molecule has 1 heteroatoms. The number of rotatable bonds is 2. The molecule has 0 aromatic heterocycles. The molecular formula is C20H31N. The molecule has 1 aromatic rings. The Balaban J connectivity index is 1.73. The van der Waals surface area contributed by atoms with E-state index in [9.17, 15) is 0 Å². The smallest absolute Gasteiger partial charge is 0.0323 e. The molecule has 1 aliphatic heterocycles. The molecule has 3 rings (SSSR count). The molecule has 0 bridgehead atoms. The van der Waals surface area contributed by atoms with Crippen LogP contribution < -0.4 is 5.32 Å². The molecule has 2 fully saturated rings. The summed E-state index contributed by atoms with van der Waals surface area (Å²) in [4.78, 5) is 0. The fourth-order valence-electron chi connectivity index (χ4n) is 4.42. The van der Waals surface area contributed by atoms with Crippen LogP contribution in [0.3, 0.4) is 0 Å². The Morgan fingerprint density at radius 2 is 1.57 bits per heavy atom. The highest BCUT2D eigenvalue weighted by Crippen LogP contribution is 2.44. The minimum absolute atomic E-state index is 0.484. The monoisotopic (exact) mass is 285 g/mol. The highest BCUT2D eigenvalue weighted by molar-refractivity contribution is 5.34. The molecule has 1 N–H and O–H groups in total. The van der Waals surface area contributed by atoms with Crippen LogP contribution in [0.5, 0.6) is 0 Å². The molecule has 1 heterocycles.